The number of methoxy groups -OCH3 is 1. The van der Waals surface area contributed by atoms with Gasteiger partial charge in [0.2, 0.25) is 5.09 Å². The summed E-state index contributed by atoms with van der Waals surface area (Å²) in [7, 11) is -2.11. The molecule has 0 bridgehead atoms. The highest BCUT2D eigenvalue weighted by molar-refractivity contribution is 7.89. The van der Waals surface area contributed by atoms with Gasteiger partial charge in [-0.15, -0.1) is 0 Å². The van der Waals surface area contributed by atoms with E-state index in [1.807, 2.05) is 6.92 Å². The molecule has 1 heterocycles. The highest BCUT2D eigenvalue weighted by Gasteiger charge is 2.22. The number of sulfonamides is 1. The van der Waals surface area contributed by atoms with Crippen molar-refractivity contribution in [3.05, 3.63) is 17.9 Å². The van der Waals surface area contributed by atoms with E-state index in [9.17, 15) is 8.42 Å². The van der Waals surface area contributed by atoms with E-state index in [2.05, 4.69) is 4.72 Å². The minimum Gasteiger partial charge on any atom is -0.447 e. The number of nitrogens with one attached hydrogen (secondary N) is 1. The third-order valence-corrected chi connectivity index (χ3v) is 3.68. The maximum absolute atomic E-state index is 11.9. The van der Waals surface area contributed by atoms with Gasteiger partial charge in [-0.25, -0.2) is 13.1 Å². The molecule has 0 radical (unpaired) electrons. The van der Waals surface area contributed by atoms with Crippen LogP contribution >= 0.6 is 0 Å². The first-order chi connectivity index (χ1) is 8.03. The first kappa shape index (κ1) is 14.2. The van der Waals surface area contributed by atoms with Gasteiger partial charge in [0.05, 0.1) is 13.2 Å². The Morgan fingerprint density at radius 1 is 1.53 bits per heavy atom. The van der Waals surface area contributed by atoms with Gasteiger partial charge in [-0.3, -0.25) is 0 Å². The number of hydrogen-bond acceptors (Lipinski definition) is 5. The average molecular weight is 262 g/mol. The Balaban J connectivity index is 2.80. The lowest BCUT2D eigenvalue weighted by atomic mass is 10.3. The summed E-state index contributed by atoms with van der Waals surface area (Å²) < 4.78 is 36.3. The molecule has 1 unspecified atom stereocenters. The Bertz CT molecular complexity index is 441. The van der Waals surface area contributed by atoms with Crippen molar-refractivity contribution in [2.75, 3.05) is 13.7 Å². The van der Waals surface area contributed by atoms with Crippen LogP contribution < -0.4 is 10.5 Å². The van der Waals surface area contributed by atoms with Gasteiger partial charge < -0.3 is 14.9 Å². The molecule has 0 spiro atoms. The molecular weight excluding hydrogens is 244 g/mol. The Morgan fingerprint density at radius 3 is 2.71 bits per heavy atom. The van der Waals surface area contributed by atoms with Crippen molar-refractivity contribution in [1.82, 2.24) is 4.72 Å². The van der Waals surface area contributed by atoms with Crippen LogP contribution in [0.3, 0.4) is 0 Å². The van der Waals surface area contributed by atoms with Crippen molar-refractivity contribution in [3.63, 3.8) is 0 Å². The van der Waals surface area contributed by atoms with Crippen LogP contribution in [0, 0.1) is 0 Å². The highest BCUT2D eigenvalue weighted by atomic mass is 32.2. The average Bonchev–Trinajstić information content (AvgIpc) is 2.77. The van der Waals surface area contributed by atoms with E-state index in [1.165, 1.54) is 13.2 Å². The Labute approximate surface area is 101 Å². The van der Waals surface area contributed by atoms with Crippen molar-refractivity contribution in [1.29, 1.82) is 0 Å². The SMILES string of the molecule is CCC(COC)NS(=O)(=O)c1ccc(CN)o1. The number of hydrogen-bond donors (Lipinski definition) is 2. The molecule has 1 aromatic rings. The van der Waals surface area contributed by atoms with Crippen molar-refractivity contribution >= 4 is 10.0 Å². The molecule has 17 heavy (non-hydrogen) atoms. The quantitative estimate of drug-likeness (QED) is 0.743. The predicted molar refractivity (Wildman–Crippen MR) is 62.9 cm³/mol. The zero-order valence-corrected chi connectivity index (χ0v) is 10.8. The summed E-state index contributed by atoms with van der Waals surface area (Å²) in [4.78, 5) is 0. The van der Waals surface area contributed by atoms with Gasteiger partial charge in [-0.2, -0.15) is 0 Å². The van der Waals surface area contributed by atoms with E-state index in [-0.39, 0.29) is 17.7 Å². The zero-order chi connectivity index (χ0) is 12.9. The van der Waals surface area contributed by atoms with Gasteiger partial charge >= 0.3 is 0 Å². The third-order valence-electron chi connectivity index (χ3n) is 2.29. The van der Waals surface area contributed by atoms with Gasteiger partial charge in [0, 0.05) is 13.2 Å². The van der Waals surface area contributed by atoms with E-state index in [0.29, 0.717) is 18.8 Å². The van der Waals surface area contributed by atoms with Crippen molar-refractivity contribution < 1.29 is 17.6 Å². The summed E-state index contributed by atoms with van der Waals surface area (Å²) in [5.74, 6) is 0.435. The van der Waals surface area contributed by atoms with E-state index >= 15 is 0 Å². The van der Waals surface area contributed by atoms with Crippen molar-refractivity contribution in [3.8, 4) is 0 Å². The molecule has 0 aliphatic rings. The normalized spacial score (nSPS) is 13.8. The molecule has 1 rings (SSSR count). The van der Waals surface area contributed by atoms with Gasteiger partial charge in [0.25, 0.3) is 10.0 Å². The third kappa shape index (κ3) is 3.81. The maximum atomic E-state index is 11.9. The molecule has 3 N–H and O–H groups in total. The molecule has 0 saturated heterocycles. The van der Waals surface area contributed by atoms with Crippen LogP contribution in [0.5, 0.6) is 0 Å². The summed E-state index contributed by atoms with van der Waals surface area (Å²) in [5.41, 5.74) is 5.35. The van der Waals surface area contributed by atoms with Crippen LogP contribution in [0.4, 0.5) is 0 Å². The van der Waals surface area contributed by atoms with Gasteiger partial charge in [0.1, 0.15) is 5.76 Å². The molecule has 1 aromatic heterocycles. The van der Waals surface area contributed by atoms with Crippen LogP contribution in [0.1, 0.15) is 19.1 Å². The number of nitrogens with two attached hydrogens (primary N) is 1. The Hall–Kier alpha value is -0.890. The fraction of sp³-hybridized carbons (Fsp3) is 0.600. The second-order valence-electron chi connectivity index (χ2n) is 3.61. The van der Waals surface area contributed by atoms with Crippen molar-refractivity contribution in [2.45, 2.75) is 31.0 Å². The zero-order valence-electron chi connectivity index (χ0n) is 9.97. The Morgan fingerprint density at radius 2 is 2.24 bits per heavy atom. The second kappa shape index (κ2) is 6.15. The highest BCUT2D eigenvalue weighted by Crippen LogP contribution is 2.14. The van der Waals surface area contributed by atoms with E-state index in [1.54, 1.807) is 6.07 Å². The molecule has 0 aromatic carbocycles. The minimum absolute atomic E-state index is 0.118. The first-order valence-electron chi connectivity index (χ1n) is 5.33. The van der Waals surface area contributed by atoms with Crippen LogP contribution in [0.2, 0.25) is 0 Å². The molecular formula is C10H18N2O4S. The summed E-state index contributed by atoms with van der Waals surface area (Å²) in [6, 6.07) is 2.67. The van der Waals surface area contributed by atoms with Gasteiger partial charge in [-0.1, -0.05) is 6.92 Å². The molecule has 1 atom stereocenters. The fourth-order valence-electron chi connectivity index (χ4n) is 1.33. The smallest absolute Gasteiger partial charge is 0.274 e. The molecule has 0 saturated carbocycles. The first-order valence-corrected chi connectivity index (χ1v) is 6.81. The summed E-state index contributed by atoms with van der Waals surface area (Å²) >= 11 is 0. The van der Waals surface area contributed by atoms with E-state index < -0.39 is 10.0 Å². The monoisotopic (exact) mass is 262 g/mol. The number of rotatable bonds is 7. The standard InChI is InChI=1S/C10H18N2O4S/c1-3-8(7-15-2)12-17(13,14)10-5-4-9(6-11)16-10/h4-5,8,12H,3,6-7,11H2,1-2H3. The number of ether oxygens (including phenoxy) is 1. The molecule has 0 amide bonds. The minimum atomic E-state index is -3.64. The lowest BCUT2D eigenvalue weighted by Crippen LogP contribution is -2.37. The molecule has 98 valence electrons. The fourth-order valence-corrected chi connectivity index (χ4v) is 2.58. The molecule has 0 fully saturated rings. The van der Waals surface area contributed by atoms with Crippen LogP contribution in [0.15, 0.2) is 21.6 Å². The lowest BCUT2D eigenvalue weighted by Gasteiger charge is -2.14. The topological polar surface area (TPSA) is 94.6 Å². The van der Waals surface area contributed by atoms with Crippen LogP contribution in [-0.2, 0) is 21.3 Å². The van der Waals surface area contributed by atoms with Gasteiger partial charge in [0.15, 0.2) is 0 Å². The summed E-state index contributed by atoms with van der Waals surface area (Å²) in [6.07, 6.45) is 0.636. The molecule has 7 heteroatoms. The summed E-state index contributed by atoms with van der Waals surface area (Å²) in [6.45, 7) is 2.37. The molecule has 0 aliphatic carbocycles. The molecule has 6 nitrogen and oxygen atoms in total. The van der Waals surface area contributed by atoms with Gasteiger partial charge in [-0.05, 0) is 18.6 Å². The Kier molecular flexibility index (Phi) is 5.13. The molecule has 0 aliphatic heterocycles. The second-order valence-corrected chi connectivity index (χ2v) is 5.25. The van der Waals surface area contributed by atoms with E-state index in [0.717, 1.165) is 0 Å². The lowest BCUT2D eigenvalue weighted by molar-refractivity contribution is 0.173. The summed E-state index contributed by atoms with van der Waals surface area (Å²) in [5, 5.41) is -0.118. The van der Waals surface area contributed by atoms with Crippen LogP contribution in [-0.4, -0.2) is 28.2 Å². The number of furan rings is 1. The largest absolute Gasteiger partial charge is 0.447 e. The van der Waals surface area contributed by atoms with E-state index in [4.69, 9.17) is 14.9 Å². The maximum Gasteiger partial charge on any atom is 0.274 e. The van der Waals surface area contributed by atoms with Crippen LogP contribution in [0.25, 0.3) is 0 Å². The van der Waals surface area contributed by atoms with Crippen molar-refractivity contribution in [2.24, 2.45) is 5.73 Å². The predicted octanol–water partition coefficient (Wildman–Crippen LogP) is 0.442.